The first-order chi connectivity index (χ1) is 7.00. The molecule has 0 amide bonds. The molecule has 2 N–H and O–H groups in total. The Morgan fingerprint density at radius 2 is 2.00 bits per heavy atom. The van der Waals surface area contributed by atoms with Crippen LogP contribution >= 0.6 is 0 Å². The fourth-order valence-corrected chi connectivity index (χ4v) is 1.41. The van der Waals surface area contributed by atoms with E-state index < -0.39 is 5.82 Å². The van der Waals surface area contributed by atoms with Gasteiger partial charge in [-0.15, -0.1) is 0 Å². The Balaban J connectivity index is 2.69. The molecule has 1 unspecified atom stereocenters. The molecule has 0 bridgehead atoms. The third-order valence-electron chi connectivity index (χ3n) is 2.29. The second-order valence-electron chi connectivity index (χ2n) is 4.23. The molecule has 0 saturated carbocycles. The van der Waals surface area contributed by atoms with E-state index in [1.54, 1.807) is 6.07 Å². The van der Waals surface area contributed by atoms with E-state index in [9.17, 15) is 9.50 Å². The van der Waals surface area contributed by atoms with Gasteiger partial charge in [0.15, 0.2) is 0 Å². The predicted octanol–water partition coefficient (Wildman–Crippen LogP) is 2.84. The molecule has 1 rings (SSSR count). The summed E-state index contributed by atoms with van der Waals surface area (Å²) in [6.07, 6.45) is 0. The van der Waals surface area contributed by atoms with Gasteiger partial charge in [0, 0.05) is 17.7 Å². The highest BCUT2D eigenvalue weighted by Gasteiger charge is 2.10. The first kappa shape index (κ1) is 12.0. The molecule has 0 saturated heterocycles. The molecule has 0 fully saturated rings. The molecule has 2 nitrogen and oxygen atoms in total. The standard InChI is InChI=1S/C12H18FNO/c1-8(2)7-14-9(3)11-5-4-10(13)6-12(11)15/h4-6,8-9,14-15H,7H2,1-3H3. The largest absolute Gasteiger partial charge is 0.508 e. The number of halogens is 1. The SMILES string of the molecule is CC(C)CNC(C)c1ccc(F)cc1O. The fraction of sp³-hybridized carbons (Fsp3) is 0.500. The van der Waals surface area contributed by atoms with Gasteiger partial charge in [0.1, 0.15) is 11.6 Å². The Hall–Kier alpha value is -1.09. The van der Waals surface area contributed by atoms with Crippen molar-refractivity contribution < 1.29 is 9.50 Å². The summed E-state index contributed by atoms with van der Waals surface area (Å²) in [5, 5.41) is 12.8. The van der Waals surface area contributed by atoms with Gasteiger partial charge in [0.2, 0.25) is 0 Å². The van der Waals surface area contributed by atoms with Crippen LogP contribution in [0.15, 0.2) is 18.2 Å². The maximum Gasteiger partial charge on any atom is 0.126 e. The van der Waals surface area contributed by atoms with Crippen LogP contribution in [-0.2, 0) is 0 Å². The van der Waals surface area contributed by atoms with E-state index in [1.807, 2.05) is 6.92 Å². The monoisotopic (exact) mass is 211 g/mol. The number of phenolic OH excluding ortho intramolecular Hbond substituents is 1. The van der Waals surface area contributed by atoms with Crippen LogP contribution in [0, 0.1) is 11.7 Å². The van der Waals surface area contributed by atoms with Crippen LogP contribution in [-0.4, -0.2) is 11.7 Å². The molecule has 0 aliphatic heterocycles. The number of nitrogens with one attached hydrogen (secondary N) is 1. The maximum absolute atomic E-state index is 12.7. The zero-order valence-electron chi connectivity index (χ0n) is 9.42. The van der Waals surface area contributed by atoms with Gasteiger partial charge in [-0.2, -0.15) is 0 Å². The Morgan fingerprint density at radius 3 is 2.53 bits per heavy atom. The smallest absolute Gasteiger partial charge is 0.126 e. The molecule has 0 heterocycles. The van der Waals surface area contributed by atoms with Crippen LogP contribution in [0.1, 0.15) is 32.4 Å². The molecule has 1 aromatic carbocycles. The van der Waals surface area contributed by atoms with Gasteiger partial charge in [-0.1, -0.05) is 19.9 Å². The van der Waals surface area contributed by atoms with Crippen molar-refractivity contribution in [3.8, 4) is 5.75 Å². The number of rotatable bonds is 4. The van der Waals surface area contributed by atoms with Gasteiger partial charge in [0.05, 0.1) is 0 Å². The van der Waals surface area contributed by atoms with Crippen molar-refractivity contribution in [1.29, 1.82) is 0 Å². The van der Waals surface area contributed by atoms with Crippen LogP contribution in [0.5, 0.6) is 5.75 Å². The van der Waals surface area contributed by atoms with Gasteiger partial charge in [-0.25, -0.2) is 4.39 Å². The van der Waals surface area contributed by atoms with E-state index in [0.29, 0.717) is 5.92 Å². The third-order valence-corrected chi connectivity index (χ3v) is 2.29. The fourth-order valence-electron chi connectivity index (χ4n) is 1.41. The Labute approximate surface area is 90.1 Å². The summed E-state index contributed by atoms with van der Waals surface area (Å²) in [5.41, 5.74) is 0.733. The Bertz CT molecular complexity index is 325. The summed E-state index contributed by atoms with van der Waals surface area (Å²) < 4.78 is 12.7. The van der Waals surface area contributed by atoms with Gasteiger partial charge >= 0.3 is 0 Å². The van der Waals surface area contributed by atoms with Crippen LogP contribution in [0.3, 0.4) is 0 Å². The van der Waals surface area contributed by atoms with E-state index in [-0.39, 0.29) is 11.8 Å². The second kappa shape index (κ2) is 5.12. The highest BCUT2D eigenvalue weighted by Crippen LogP contribution is 2.24. The van der Waals surface area contributed by atoms with Gasteiger partial charge < -0.3 is 10.4 Å². The lowest BCUT2D eigenvalue weighted by atomic mass is 10.1. The van der Waals surface area contributed by atoms with Crippen molar-refractivity contribution in [2.24, 2.45) is 5.92 Å². The van der Waals surface area contributed by atoms with E-state index in [0.717, 1.165) is 18.2 Å². The second-order valence-corrected chi connectivity index (χ2v) is 4.23. The zero-order chi connectivity index (χ0) is 11.4. The summed E-state index contributed by atoms with van der Waals surface area (Å²) in [4.78, 5) is 0. The summed E-state index contributed by atoms with van der Waals surface area (Å²) in [6, 6.07) is 4.15. The lowest BCUT2D eigenvalue weighted by Gasteiger charge is -2.16. The van der Waals surface area contributed by atoms with Gasteiger partial charge in [0.25, 0.3) is 0 Å². The van der Waals surface area contributed by atoms with Crippen LogP contribution < -0.4 is 5.32 Å². The van der Waals surface area contributed by atoms with E-state index in [2.05, 4.69) is 19.2 Å². The van der Waals surface area contributed by atoms with Crippen molar-refractivity contribution >= 4 is 0 Å². The Kier molecular flexibility index (Phi) is 4.09. The number of hydrogen-bond acceptors (Lipinski definition) is 2. The predicted molar refractivity (Wildman–Crippen MR) is 59.3 cm³/mol. The molecule has 1 aromatic rings. The molecule has 0 aliphatic carbocycles. The summed E-state index contributed by atoms with van der Waals surface area (Å²) in [5.74, 6) is 0.154. The normalized spacial score (nSPS) is 13.1. The quantitative estimate of drug-likeness (QED) is 0.802. The highest BCUT2D eigenvalue weighted by atomic mass is 19.1. The van der Waals surface area contributed by atoms with Crippen molar-refractivity contribution in [2.75, 3.05) is 6.54 Å². The third kappa shape index (κ3) is 3.51. The zero-order valence-corrected chi connectivity index (χ0v) is 9.42. The van der Waals surface area contributed by atoms with Crippen molar-refractivity contribution in [2.45, 2.75) is 26.8 Å². The van der Waals surface area contributed by atoms with Crippen LogP contribution in [0.2, 0.25) is 0 Å². The average molecular weight is 211 g/mol. The molecule has 0 aliphatic rings. The lowest BCUT2D eigenvalue weighted by Crippen LogP contribution is -2.23. The Morgan fingerprint density at radius 1 is 1.33 bits per heavy atom. The number of hydrogen-bond donors (Lipinski definition) is 2. The molecule has 0 aromatic heterocycles. The van der Waals surface area contributed by atoms with E-state index >= 15 is 0 Å². The van der Waals surface area contributed by atoms with Crippen molar-refractivity contribution in [3.63, 3.8) is 0 Å². The highest BCUT2D eigenvalue weighted by molar-refractivity contribution is 5.34. The first-order valence-corrected chi connectivity index (χ1v) is 5.22. The summed E-state index contributed by atoms with van der Waals surface area (Å²) >= 11 is 0. The number of phenols is 1. The average Bonchev–Trinajstić information content (AvgIpc) is 2.14. The van der Waals surface area contributed by atoms with E-state index in [4.69, 9.17) is 0 Å². The lowest BCUT2D eigenvalue weighted by molar-refractivity contribution is 0.438. The molecule has 3 heteroatoms. The molecule has 1 atom stereocenters. The molecule has 84 valence electrons. The molecular weight excluding hydrogens is 193 g/mol. The number of aromatic hydroxyl groups is 1. The number of benzene rings is 1. The van der Waals surface area contributed by atoms with Crippen molar-refractivity contribution in [3.05, 3.63) is 29.6 Å². The molecule has 15 heavy (non-hydrogen) atoms. The van der Waals surface area contributed by atoms with Crippen molar-refractivity contribution in [1.82, 2.24) is 5.32 Å². The van der Waals surface area contributed by atoms with Gasteiger partial charge in [-0.05, 0) is 25.5 Å². The minimum absolute atomic E-state index is 0.0127. The molecule has 0 spiro atoms. The van der Waals surface area contributed by atoms with E-state index in [1.165, 1.54) is 6.07 Å². The van der Waals surface area contributed by atoms with Crippen LogP contribution in [0.4, 0.5) is 4.39 Å². The molecule has 0 radical (unpaired) electrons. The maximum atomic E-state index is 12.7. The minimum atomic E-state index is -0.410. The summed E-state index contributed by atoms with van der Waals surface area (Å²) in [7, 11) is 0. The van der Waals surface area contributed by atoms with Crippen LogP contribution in [0.25, 0.3) is 0 Å². The van der Waals surface area contributed by atoms with Gasteiger partial charge in [-0.3, -0.25) is 0 Å². The topological polar surface area (TPSA) is 32.3 Å². The first-order valence-electron chi connectivity index (χ1n) is 5.22. The molecular formula is C12H18FNO. The summed E-state index contributed by atoms with van der Waals surface area (Å²) in [6.45, 7) is 7.06. The minimum Gasteiger partial charge on any atom is -0.508 e.